The molecule has 25 heavy (non-hydrogen) atoms. The highest BCUT2D eigenvalue weighted by Crippen LogP contribution is 2.30. The Bertz CT molecular complexity index is 557. The van der Waals surface area contributed by atoms with E-state index in [0.29, 0.717) is 17.1 Å². The van der Waals surface area contributed by atoms with E-state index in [9.17, 15) is 4.79 Å². The molecule has 1 aliphatic heterocycles. The van der Waals surface area contributed by atoms with Crippen LogP contribution in [0, 0.1) is 5.92 Å². The summed E-state index contributed by atoms with van der Waals surface area (Å²) in [5, 5.41) is 0.545. The highest BCUT2D eigenvalue weighted by atomic mass is 32.2. The number of aryl methyl sites for hydroxylation is 1. The number of hydrogen-bond donors (Lipinski definition) is 0. The van der Waals surface area contributed by atoms with Gasteiger partial charge in [-0.15, -0.1) is 11.8 Å². The van der Waals surface area contributed by atoms with Gasteiger partial charge in [-0.05, 0) is 37.3 Å². The molecule has 1 saturated carbocycles. The zero-order valence-corrected chi connectivity index (χ0v) is 16.2. The van der Waals surface area contributed by atoms with E-state index in [1.54, 1.807) is 7.11 Å². The van der Waals surface area contributed by atoms with Crippen LogP contribution < -0.4 is 4.74 Å². The van der Waals surface area contributed by atoms with Gasteiger partial charge < -0.3 is 4.74 Å². The SMILES string of the molecule is COc1ccccc1CCC1SCCN1CCC(=O)C1CCCCC1. The maximum atomic E-state index is 12.5. The molecular weight excluding hydrogens is 330 g/mol. The lowest BCUT2D eigenvalue weighted by atomic mass is 9.85. The second-order valence-electron chi connectivity index (χ2n) is 7.26. The summed E-state index contributed by atoms with van der Waals surface area (Å²) in [6.45, 7) is 2.07. The van der Waals surface area contributed by atoms with Crippen LogP contribution in [0.4, 0.5) is 0 Å². The van der Waals surface area contributed by atoms with Crippen LogP contribution in [0.2, 0.25) is 0 Å². The first-order valence-electron chi connectivity index (χ1n) is 9.78. The van der Waals surface area contributed by atoms with Gasteiger partial charge in [-0.2, -0.15) is 0 Å². The molecule has 3 rings (SSSR count). The molecule has 1 saturated heterocycles. The lowest BCUT2D eigenvalue weighted by Gasteiger charge is -2.25. The van der Waals surface area contributed by atoms with Crippen LogP contribution in [0.1, 0.15) is 50.5 Å². The van der Waals surface area contributed by atoms with Crippen molar-refractivity contribution in [2.45, 2.75) is 56.7 Å². The summed E-state index contributed by atoms with van der Waals surface area (Å²) in [7, 11) is 1.74. The molecule has 1 aromatic carbocycles. The van der Waals surface area contributed by atoms with Gasteiger partial charge in [-0.1, -0.05) is 37.5 Å². The predicted octanol–water partition coefficient (Wildman–Crippen LogP) is 4.54. The van der Waals surface area contributed by atoms with Crippen LogP contribution in [0.15, 0.2) is 24.3 Å². The number of nitrogens with zero attached hydrogens (tertiary/aromatic N) is 1. The Hall–Kier alpha value is -1.00. The molecule has 1 aromatic rings. The van der Waals surface area contributed by atoms with Gasteiger partial charge in [0, 0.05) is 31.2 Å². The van der Waals surface area contributed by atoms with Gasteiger partial charge in [0.05, 0.1) is 12.5 Å². The molecule has 1 aliphatic carbocycles. The third-order valence-electron chi connectivity index (χ3n) is 5.66. The minimum atomic E-state index is 0.357. The molecule has 3 nitrogen and oxygen atoms in total. The monoisotopic (exact) mass is 361 g/mol. The topological polar surface area (TPSA) is 29.5 Å². The van der Waals surface area contributed by atoms with E-state index in [1.165, 1.54) is 30.6 Å². The van der Waals surface area contributed by atoms with Crippen molar-refractivity contribution >= 4 is 17.5 Å². The summed E-state index contributed by atoms with van der Waals surface area (Å²) in [6, 6.07) is 8.31. The van der Waals surface area contributed by atoms with Crippen molar-refractivity contribution in [3.63, 3.8) is 0 Å². The number of Topliss-reactive ketones (excluding diaryl/α,β-unsaturated/α-hetero) is 1. The fourth-order valence-electron chi connectivity index (χ4n) is 4.15. The van der Waals surface area contributed by atoms with Crippen LogP contribution in [0.25, 0.3) is 0 Å². The van der Waals surface area contributed by atoms with Crippen molar-refractivity contribution in [1.82, 2.24) is 4.90 Å². The first kappa shape index (κ1) is 18.8. The number of rotatable bonds is 8. The molecule has 1 atom stereocenters. The molecule has 0 radical (unpaired) electrons. The Morgan fingerprint density at radius 1 is 1.24 bits per heavy atom. The summed E-state index contributed by atoms with van der Waals surface area (Å²) in [5.74, 6) is 3.05. The maximum Gasteiger partial charge on any atom is 0.137 e. The van der Waals surface area contributed by atoms with Crippen molar-refractivity contribution in [3.8, 4) is 5.75 Å². The molecule has 2 fully saturated rings. The third-order valence-corrected chi connectivity index (χ3v) is 6.99. The van der Waals surface area contributed by atoms with Gasteiger partial charge in [0.15, 0.2) is 0 Å². The van der Waals surface area contributed by atoms with Gasteiger partial charge in [0.1, 0.15) is 11.5 Å². The number of hydrogen-bond acceptors (Lipinski definition) is 4. The number of methoxy groups -OCH3 is 1. The number of ketones is 1. The van der Waals surface area contributed by atoms with Gasteiger partial charge in [-0.25, -0.2) is 0 Å². The lowest BCUT2D eigenvalue weighted by molar-refractivity contribution is -0.124. The normalized spacial score (nSPS) is 22.2. The Kier molecular flexibility index (Phi) is 7.23. The van der Waals surface area contributed by atoms with Crippen LogP contribution in [-0.4, -0.2) is 42.0 Å². The number of carbonyl (C=O) groups excluding carboxylic acids is 1. The Balaban J connectivity index is 1.46. The van der Waals surface area contributed by atoms with Crippen molar-refractivity contribution in [2.24, 2.45) is 5.92 Å². The maximum absolute atomic E-state index is 12.5. The molecule has 0 amide bonds. The Labute approximate surface area is 156 Å². The Morgan fingerprint density at radius 3 is 2.84 bits per heavy atom. The van der Waals surface area contributed by atoms with Crippen LogP contribution >= 0.6 is 11.8 Å². The number of benzene rings is 1. The molecule has 0 N–H and O–H groups in total. The van der Waals surface area contributed by atoms with E-state index in [1.807, 2.05) is 23.9 Å². The Morgan fingerprint density at radius 2 is 2.04 bits per heavy atom. The van der Waals surface area contributed by atoms with Gasteiger partial charge in [-0.3, -0.25) is 9.69 Å². The lowest BCUT2D eigenvalue weighted by Crippen LogP contribution is -2.32. The van der Waals surface area contributed by atoms with Crippen molar-refractivity contribution in [3.05, 3.63) is 29.8 Å². The van der Waals surface area contributed by atoms with E-state index in [-0.39, 0.29) is 0 Å². The average Bonchev–Trinajstić information content (AvgIpc) is 3.12. The first-order valence-corrected chi connectivity index (χ1v) is 10.8. The standard InChI is InChI=1S/C21H31NO2S/c1-24-20-10-6-5-9-18(20)11-12-21-22(15-16-25-21)14-13-19(23)17-7-3-2-4-8-17/h5-6,9-10,17,21H,2-4,7-8,11-16H2,1H3. The molecule has 4 heteroatoms. The summed E-state index contributed by atoms with van der Waals surface area (Å²) < 4.78 is 5.47. The quantitative estimate of drug-likeness (QED) is 0.680. The summed E-state index contributed by atoms with van der Waals surface area (Å²) in [4.78, 5) is 15.0. The predicted molar refractivity (Wildman–Crippen MR) is 105 cm³/mol. The van der Waals surface area contributed by atoms with Crippen LogP contribution in [-0.2, 0) is 11.2 Å². The number of ether oxygens (including phenoxy) is 1. The second kappa shape index (κ2) is 9.63. The van der Waals surface area contributed by atoms with Crippen LogP contribution in [0.5, 0.6) is 5.75 Å². The minimum Gasteiger partial charge on any atom is -0.496 e. The second-order valence-corrected chi connectivity index (χ2v) is 8.55. The molecule has 0 aromatic heterocycles. The number of thioether (sulfide) groups is 1. The number of para-hydroxylation sites is 1. The van der Waals surface area contributed by atoms with Gasteiger partial charge in [0.2, 0.25) is 0 Å². The summed E-state index contributed by atoms with van der Waals surface area (Å²) in [6.07, 6.45) is 8.98. The van der Waals surface area contributed by atoms with E-state index >= 15 is 0 Å². The first-order chi connectivity index (χ1) is 12.3. The zero-order valence-electron chi connectivity index (χ0n) is 15.4. The van der Waals surface area contributed by atoms with Gasteiger partial charge >= 0.3 is 0 Å². The largest absolute Gasteiger partial charge is 0.496 e. The van der Waals surface area contributed by atoms with E-state index in [0.717, 1.165) is 50.9 Å². The molecule has 1 unspecified atom stereocenters. The molecule has 138 valence electrons. The molecule has 1 heterocycles. The molecule has 0 bridgehead atoms. The zero-order chi connectivity index (χ0) is 17.5. The smallest absolute Gasteiger partial charge is 0.137 e. The minimum absolute atomic E-state index is 0.357. The van der Waals surface area contributed by atoms with Crippen molar-refractivity contribution < 1.29 is 9.53 Å². The summed E-state index contributed by atoms with van der Waals surface area (Å²) in [5.41, 5.74) is 1.29. The molecule has 0 spiro atoms. The molecular formula is C21H31NO2S. The highest BCUT2D eigenvalue weighted by molar-refractivity contribution is 8.00. The van der Waals surface area contributed by atoms with E-state index in [2.05, 4.69) is 17.0 Å². The average molecular weight is 362 g/mol. The highest BCUT2D eigenvalue weighted by Gasteiger charge is 2.27. The third kappa shape index (κ3) is 5.24. The van der Waals surface area contributed by atoms with Crippen molar-refractivity contribution in [1.29, 1.82) is 0 Å². The van der Waals surface area contributed by atoms with Crippen molar-refractivity contribution in [2.75, 3.05) is 26.0 Å². The molecule has 2 aliphatic rings. The van der Waals surface area contributed by atoms with E-state index < -0.39 is 0 Å². The van der Waals surface area contributed by atoms with Gasteiger partial charge in [0.25, 0.3) is 0 Å². The van der Waals surface area contributed by atoms with E-state index in [4.69, 9.17) is 4.74 Å². The number of carbonyl (C=O) groups is 1. The van der Waals surface area contributed by atoms with Crippen LogP contribution in [0.3, 0.4) is 0 Å². The fraction of sp³-hybridized carbons (Fsp3) is 0.667. The summed E-state index contributed by atoms with van der Waals surface area (Å²) >= 11 is 2.04. The fourth-order valence-corrected chi connectivity index (χ4v) is 5.47.